The molecule has 0 aromatic heterocycles. The molecule has 2 rings (SSSR count). The zero-order valence-electron chi connectivity index (χ0n) is 12.6. The highest BCUT2D eigenvalue weighted by molar-refractivity contribution is 5.94. The van der Waals surface area contributed by atoms with Crippen LogP contribution in [0.2, 0.25) is 0 Å². The predicted molar refractivity (Wildman–Crippen MR) is 82.8 cm³/mol. The number of amides is 1. The monoisotopic (exact) mass is 285 g/mol. The Morgan fingerprint density at radius 3 is 1.95 bits per heavy atom. The number of nitrogens with one attached hydrogen (secondary N) is 1. The molecule has 21 heavy (non-hydrogen) atoms. The smallest absolute Gasteiger partial charge is 0.251 e. The van der Waals surface area contributed by atoms with Gasteiger partial charge < -0.3 is 5.32 Å². The first-order valence-corrected chi connectivity index (χ1v) is 7.13. The van der Waals surface area contributed by atoms with Crippen LogP contribution in [0, 0.1) is 5.82 Å². The van der Waals surface area contributed by atoms with Crippen LogP contribution >= 0.6 is 0 Å². The van der Waals surface area contributed by atoms with Crippen LogP contribution in [0.15, 0.2) is 48.5 Å². The van der Waals surface area contributed by atoms with Crippen molar-refractivity contribution in [2.45, 2.75) is 32.7 Å². The second-order valence-corrected chi connectivity index (χ2v) is 5.52. The van der Waals surface area contributed by atoms with E-state index in [4.69, 9.17) is 0 Å². The zero-order valence-corrected chi connectivity index (χ0v) is 12.6. The number of carbonyl (C=O) groups is 1. The van der Waals surface area contributed by atoms with Gasteiger partial charge in [0.05, 0.1) is 6.04 Å². The van der Waals surface area contributed by atoms with Gasteiger partial charge in [0.2, 0.25) is 0 Å². The fourth-order valence-electron chi connectivity index (χ4n) is 2.13. The average molecular weight is 285 g/mol. The fourth-order valence-corrected chi connectivity index (χ4v) is 2.13. The summed E-state index contributed by atoms with van der Waals surface area (Å²) in [6.07, 6.45) is 0. The van der Waals surface area contributed by atoms with E-state index < -0.39 is 0 Å². The first-order chi connectivity index (χ1) is 9.97. The lowest BCUT2D eigenvalue weighted by Crippen LogP contribution is -2.26. The van der Waals surface area contributed by atoms with Crippen molar-refractivity contribution in [2.75, 3.05) is 0 Å². The van der Waals surface area contributed by atoms with Gasteiger partial charge in [0.25, 0.3) is 5.91 Å². The Bertz CT molecular complexity index is 602. The Hall–Kier alpha value is -2.16. The molecule has 110 valence electrons. The summed E-state index contributed by atoms with van der Waals surface area (Å²) in [5.74, 6) is 0.0453. The van der Waals surface area contributed by atoms with Crippen LogP contribution in [0.25, 0.3) is 0 Å². The summed E-state index contributed by atoms with van der Waals surface area (Å²) in [7, 11) is 0. The van der Waals surface area contributed by atoms with Crippen molar-refractivity contribution in [1.29, 1.82) is 0 Å². The second-order valence-electron chi connectivity index (χ2n) is 5.52. The molecule has 0 aliphatic heterocycles. The van der Waals surface area contributed by atoms with Crippen molar-refractivity contribution in [2.24, 2.45) is 0 Å². The van der Waals surface area contributed by atoms with Gasteiger partial charge in [-0.15, -0.1) is 0 Å². The minimum atomic E-state index is -0.276. The van der Waals surface area contributed by atoms with E-state index in [1.54, 1.807) is 12.1 Å². The van der Waals surface area contributed by atoms with Crippen LogP contribution in [0.1, 0.15) is 54.2 Å². The molecule has 2 nitrogen and oxygen atoms in total. The minimum Gasteiger partial charge on any atom is -0.346 e. The molecule has 0 saturated heterocycles. The molecular formula is C18H20FNO. The average Bonchev–Trinajstić information content (AvgIpc) is 2.47. The number of rotatable bonds is 4. The molecule has 0 heterocycles. The van der Waals surface area contributed by atoms with Crippen molar-refractivity contribution < 1.29 is 9.18 Å². The molecular weight excluding hydrogens is 265 g/mol. The molecule has 1 atom stereocenters. The predicted octanol–water partition coefficient (Wildman–Crippen LogP) is 4.44. The van der Waals surface area contributed by atoms with Crippen molar-refractivity contribution >= 4 is 5.91 Å². The summed E-state index contributed by atoms with van der Waals surface area (Å²) >= 11 is 0. The molecule has 1 amide bonds. The Morgan fingerprint density at radius 1 is 0.905 bits per heavy atom. The number of hydrogen-bond acceptors (Lipinski definition) is 1. The first-order valence-electron chi connectivity index (χ1n) is 7.13. The van der Waals surface area contributed by atoms with E-state index in [0.717, 1.165) is 5.56 Å². The first kappa shape index (κ1) is 15.2. The molecule has 0 spiro atoms. The number of hydrogen-bond donors (Lipinski definition) is 1. The Morgan fingerprint density at radius 2 is 1.43 bits per heavy atom. The third-order valence-corrected chi connectivity index (χ3v) is 3.56. The Balaban J connectivity index is 2.05. The van der Waals surface area contributed by atoms with E-state index in [2.05, 4.69) is 19.2 Å². The largest absolute Gasteiger partial charge is 0.346 e. The van der Waals surface area contributed by atoms with Crippen LogP contribution < -0.4 is 5.32 Å². The van der Waals surface area contributed by atoms with Crippen LogP contribution in [0.3, 0.4) is 0 Å². The molecule has 2 aromatic carbocycles. The summed E-state index contributed by atoms with van der Waals surface area (Å²) in [4.78, 5) is 12.2. The van der Waals surface area contributed by atoms with Gasteiger partial charge in [0, 0.05) is 5.56 Å². The maximum Gasteiger partial charge on any atom is 0.251 e. The summed E-state index contributed by atoms with van der Waals surface area (Å²) in [6, 6.07) is 13.6. The summed E-state index contributed by atoms with van der Waals surface area (Å²) < 4.78 is 12.9. The molecule has 1 N–H and O–H groups in total. The SMILES string of the molecule is CC(C)c1ccc(C(=O)N[C@@H](C)c2ccc(F)cc2)cc1. The summed E-state index contributed by atoms with van der Waals surface area (Å²) in [5.41, 5.74) is 2.72. The van der Waals surface area contributed by atoms with Gasteiger partial charge in [-0.05, 0) is 48.2 Å². The molecule has 0 aliphatic rings. The van der Waals surface area contributed by atoms with Gasteiger partial charge in [0.15, 0.2) is 0 Å². The van der Waals surface area contributed by atoms with Gasteiger partial charge in [0.1, 0.15) is 5.82 Å². The van der Waals surface area contributed by atoms with Crippen LogP contribution in [-0.4, -0.2) is 5.91 Å². The maximum atomic E-state index is 12.9. The molecule has 0 fully saturated rings. The standard InChI is InChI=1S/C18H20FNO/c1-12(2)14-4-6-16(7-5-14)18(21)20-13(3)15-8-10-17(19)11-9-15/h4-13H,1-3H3,(H,20,21)/t13-/m0/s1. The fraction of sp³-hybridized carbons (Fsp3) is 0.278. The Kier molecular flexibility index (Phi) is 4.73. The molecule has 0 aliphatic carbocycles. The van der Waals surface area contributed by atoms with Gasteiger partial charge in [-0.3, -0.25) is 4.79 Å². The van der Waals surface area contributed by atoms with Crippen LogP contribution in [0.4, 0.5) is 4.39 Å². The Labute approximate surface area is 125 Å². The normalized spacial score (nSPS) is 12.2. The van der Waals surface area contributed by atoms with E-state index in [1.165, 1.54) is 17.7 Å². The molecule has 0 saturated carbocycles. The van der Waals surface area contributed by atoms with Crippen molar-refractivity contribution in [3.8, 4) is 0 Å². The van der Waals surface area contributed by atoms with E-state index in [9.17, 15) is 9.18 Å². The lowest BCUT2D eigenvalue weighted by atomic mass is 10.0. The second kappa shape index (κ2) is 6.53. The number of benzene rings is 2. The lowest BCUT2D eigenvalue weighted by Gasteiger charge is -2.15. The molecule has 3 heteroatoms. The van der Waals surface area contributed by atoms with E-state index in [1.807, 2.05) is 31.2 Å². The third kappa shape index (κ3) is 3.91. The molecule has 0 unspecified atom stereocenters. The van der Waals surface area contributed by atoms with Crippen LogP contribution in [0.5, 0.6) is 0 Å². The minimum absolute atomic E-state index is 0.123. The van der Waals surface area contributed by atoms with E-state index in [0.29, 0.717) is 11.5 Å². The quantitative estimate of drug-likeness (QED) is 0.884. The molecule has 2 aromatic rings. The highest BCUT2D eigenvalue weighted by Crippen LogP contribution is 2.16. The third-order valence-electron chi connectivity index (χ3n) is 3.56. The summed E-state index contributed by atoms with van der Waals surface area (Å²) in [5, 5.41) is 2.92. The maximum absolute atomic E-state index is 12.9. The highest BCUT2D eigenvalue weighted by Gasteiger charge is 2.11. The van der Waals surface area contributed by atoms with Crippen LogP contribution in [-0.2, 0) is 0 Å². The zero-order chi connectivity index (χ0) is 15.4. The van der Waals surface area contributed by atoms with Crippen molar-refractivity contribution in [3.63, 3.8) is 0 Å². The van der Waals surface area contributed by atoms with Crippen molar-refractivity contribution in [3.05, 3.63) is 71.0 Å². The lowest BCUT2D eigenvalue weighted by molar-refractivity contribution is 0.0940. The van der Waals surface area contributed by atoms with E-state index >= 15 is 0 Å². The van der Waals surface area contributed by atoms with Gasteiger partial charge in [-0.25, -0.2) is 4.39 Å². The highest BCUT2D eigenvalue weighted by atomic mass is 19.1. The number of carbonyl (C=O) groups excluding carboxylic acids is 1. The van der Waals surface area contributed by atoms with Gasteiger partial charge >= 0.3 is 0 Å². The number of halogens is 1. The van der Waals surface area contributed by atoms with Gasteiger partial charge in [-0.2, -0.15) is 0 Å². The summed E-state index contributed by atoms with van der Waals surface area (Å²) in [6.45, 7) is 6.12. The molecule has 0 bridgehead atoms. The molecule has 0 radical (unpaired) electrons. The van der Waals surface area contributed by atoms with Gasteiger partial charge in [-0.1, -0.05) is 38.1 Å². The van der Waals surface area contributed by atoms with E-state index in [-0.39, 0.29) is 17.8 Å². The topological polar surface area (TPSA) is 29.1 Å². The van der Waals surface area contributed by atoms with Crippen molar-refractivity contribution in [1.82, 2.24) is 5.32 Å².